The van der Waals surface area contributed by atoms with Crippen LogP contribution in [0.1, 0.15) is 0 Å². The van der Waals surface area contributed by atoms with Crippen LogP contribution in [0.3, 0.4) is 0 Å². The maximum absolute atomic E-state index is 11.3. The molecular weight excluding hydrogens is 410 g/mol. The zero-order valence-electron chi connectivity index (χ0n) is 10.1. The van der Waals surface area contributed by atoms with Crippen molar-refractivity contribution in [3.05, 3.63) is 45.3 Å². The predicted octanol–water partition coefficient (Wildman–Crippen LogP) is 3.18. The molecule has 5 N–H and O–H groups in total. The van der Waals surface area contributed by atoms with E-state index in [1.54, 1.807) is 6.07 Å². The Kier molecular flexibility index (Phi) is 4.38. The van der Waals surface area contributed by atoms with Crippen molar-refractivity contribution in [2.75, 3.05) is 11.1 Å². The lowest BCUT2D eigenvalue weighted by molar-refractivity contribution is 0.598. The summed E-state index contributed by atoms with van der Waals surface area (Å²) in [6.45, 7) is 0. The van der Waals surface area contributed by atoms with Crippen molar-refractivity contribution >= 4 is 58.9 Å². The average molecular weight is 421 g/mol. The van der Waals surface area contributed by atoms with Crippen molar-refractivity contribution in [3.63, 3.8) is 0 Å². The number of nitrogen functional groups attached to an aromatic ring is 1. The Hall–Kier alpha value is -1.09. The summed E-state index contributed by atoms with van der Waals surface area (Å²) in [5.74, 6) is 0. The van der Waals surface area contributed by atoms with Gasteiger partial charge in [-0.1, -0.05) is 6.07 Å². The van der Waals surface area contributed by atoms with Crippen LogP contribution in [-0.4, -0.2) is 8.42 Å². The number of primary sulfonamides is 1. The van der Waals surface area contributed by atoms with Gasteiger partial charge in [-0.15, -0.1) is 0 Å². The number of rotatable bonds is 3. The van der Waals surface area contributed by atoms with Gasteiger partial charge < -0.3 is 11.1 Å². The van der Waals surface area contributed by atoms with Gasteiger partial charge >= 0.3 is 0 Å². The second kappa shape index (κ2) is 5.72. The van der Waals surface area contributed by atoms with Crippen LogP contribution in [0.15, 0.2) is 50.2 Å². The molecule has 0 aliphatic rings. The van der Waals surface area contributed by atoms with Gasteiger partial charge in [0.05, 0.1) is 11.4 Å². The number of halogens is 2. The number of sulfonamides is 1. The second-order valence-corrected chi connectivity index (χ2v) is 7.26. The van der Waals surface area contributed by atoms with Crippen LogP contribution in [0.4, 0.5) is 17.1 Å². The molecule has 0 atom stereocenters. The first-order chi connectivity index (χ1) is 9.29. The quantitative estimate of drug-likeness (QED) is 0.664. The molecule has 2 aromatic rings. The van der Waals surface area contributed by atoms with E-state index in [1.165, 1.54) is 12.1 Å². The van der Waals surface area contributed by atoms with E-state index in [9.17, 15) is 8.42 Å². The third-order valence-corrected chi connectivity index (χ3v) is 4.85. The van der Waals surface area contributed by atoms with Gasteiger partial charge in [0.15, 0.2) is 0 Å². The van der Waals surface area contributed by atoms with Crippen LogP contribution in [0.25, 0.3) is 0 Å². The Morgan fingerprint density at radius 2 is 1.65 bits per heavy atom. The van der Waals surface area contributed by atoms with E-state index in [0.29, 0.717) is 5.69 Å². The lowest BCUT2D eigenvalue weighted by Gasteiger charge is -2.12. The monoisotopic (exact) mass is 419 g/mol. The lowest BCUT2D eigenvalue weighted by Crippen LogP contribution is -2.14. The number of anilines is 3. The van der Waals surface area contributed by atoms with E-state index in [1.807, 2.05) is 18.2 Å². The standard InChI is InChI=1S/C12H11Br2N3O2S/c13-8-2-1-3-9(14)12(8)17-7-4-5-11(10(15)6-7)20(16,18)19/h1-6,17H,15H2,(H2,16,18,19). The number of nitrogens with two attached hydrogens (primary N) is 2. The zero-order chi connectivity index (χ0) is 14.9. The van der Waals surface area contributed by atoms with Crippen molar-refractivity contribution in [1.82, 2.24) is 0 Å². The molecule has 0 saturated heterocycles. The van der Waals surface area contributed by atoms with Gasteiger partial charge in [0.2, 0.25) is 10.0 Å². The molecule has 0 saturated carbocycles. The minimum absolute atomic E-state index is 0.0887. The van der Waals surface area contributed by atoms with Gasteiger partial charge in [-0.3, -0.25) is 0 Å². The summed E-state index contributed by atoms with van der Waals surface area (Å²) in [6.07, 6.45) is 0. The van der Waals surface area contributed by atoms with Crippen molar-refractivity contribution in [3.8, 4) is 0 Å². The Morgan fingerprint density at radius 3 is 2.15 bits per heavy atom. The van der Waals surface area contributed by atoms with E-state index in [4.69, 9.17) is 10.9 Å². The minimum atomic E-state index is -3.81. The maximum atomic E-state index is 11.3. The highest BCUT2D eigenvalue weighted by Crippen LogP contribution is 2.34. The summed E-state index contributed by atoms with van der Waals surface area (Å²) in [4.78, 5) is -0.0887. The van der Waals surface area contributed by atoms with Crippen LogP contribution in [0, 0.1) is 0 Å². The second-order valence-electron chi connectivity index (χ2n) is 4.02. The summed E-state index contributed by atoms with van der Waals surface area (Å²) in [7, 11) is -3.81. The van der Waals surface area contributed by atoms with Crippen LogP contribution in [0.2, 0.25) is 0 Å². The molecule has 0 amide bonds. The zero-order valence-corrected chi connectivity index (χ0v) is 14.1. The number of nitrogens with one attached hydrogen (secondary N) is 1. The van der Waals surface area contributed by atoms with Crippen LogP contribution >= 0.6 is 31.9 Å². The molecule has 2 aromatic carbocycles. The Morgan fingerprint density at radius 1 is 1.05 bits per heavy atom. The smallest absolute Gasteiger partial charge is 0.240 e. The van der Waals surface area contributed by atoms with E-state index < -0.39 is 10.0 Å². The number of hydrogen-bond donors (Lipinski definition) is 3. The molecule has 8 heteroatoms. The van der Waals surface area contributed by atoms with Gasteiger partial charge in [0.25, 0.3) is 0 Å². The Balaban J connectivity index is 2.39. The van der Waals surface area contributed by atoms with Gasteiger partial charge in [0, 0.05) is 14.6 Å². The summed E-state index contributed by atoms with van der Waals surface area (Å²) < 4.78 is 24.3. The highest BCUT2D eigenvalue weighted by Gasteiger charge is 2.13. The molecule has 0 aromatic heterocycles. The predicted molar refractivity (Wildman–Crippen MR) is 87.4 cm³/mol. The maximum Gasteiger partial charge on any atom is 0.240 e. The molecule has 0 spiro atoms. The molecule has 20 heavy (non-hydrogen) atoms. The molecule has 2 rings (SSSR count). The van der Waals surface area contributed by atoms with Crippen molar-refractivity contribution in [2.45, 2.75) is 4.90 Å². The summed E-state index contributed by atoms with van der Waals surface area (Å²) in [6, 6.07) is 10.1. The van der Waals surface area contributed by atoms with Gasteiger partial charge in [0.1, 0.15) is 4.90 Å². The fraction of sp³-hybridized carbons (Fsp3) is 0. The topological polar surface area (TPSA) is 98.2 Å². The average Bonchev–Trinajstić information content (AvgIpc) is 2.32. The largest absolute Gasteiger partial charge is 0.398 e. The molecule has 106 valence electrons. The SMILES string of the molecule is Nc1cc(Nc2c(Br)cccc2Br)ccc1S(N)(=O)=O. The van der Waals surface area contributed by atoms with E-state index in [2.05, 4.69) is 37.2 Å². The summed E-state index contributed by atoms with van der Waals surface area (Å²) in [5, 5.41) is 8.22. The van der Waals surface area contributed by atoms with Crippen LogP contribution in [0.5, 0.6) is 0 Å². The molecule has 0 unspecified atom stereocenters. The number of hydrogen-bond acceptors (Lipinski definition) is 4. The first-order valence-electron chi connectivity index (χ1n) is 5.42. The van der Waals surface area contributed by atoms with Gasteiger partial charge in [-0.05, 0) is 62.2 Å². The van der Waals surface area contributed by atoms with E-state index in [-0.39, 0.29) is 10.6 Å². The van der Waals surface area contributed by atoms with E-state index >= 15 is 0 Å². The number of benzene rings is 2. The van der Waals surface area contributed by atoms with Crippen molar-refractivity contribution in [2.24, 2.45) is 5.14 Å². The molecule has 0 aliphatic heterocycles. The minimum Gasteiger partial charge on any atom is -0.398 e. The van der Waals surface area contributed by atoms with Crippen molar-refractivity contribution in [1.29, 1.82) is 0 Å². The molecule has 0 bridgehead atoms. The number of para-hydroxylation sites is 1. The summed E-state index contributed by atoms with van der Waals surface area (Å²) >= 11 is 6.86. The van der Waals surface area contributed by atoms with Gasteiger partial charge in [-0.25, -0.2) is 13.6 Å². The first kappa shape index (κ1) is 15.3. The lowest BCUT2D eigenvalue weighted by atomic mass is 10.2. The van der Waals surface area contributed by atoms with Crippen LogP contribution < -0.4 is 16.2 Å². The van der Waals surface area contributed by atoms with Crippen LogP contribution in [-0.2, 0) is 10.0 Å². The van der Waals surface area contributed by atoms with Gasteiger partial charge in [-0.2, -0.15) is 0 Å². The fourth-order valence-corrected chi connectivity index (χ4v) is 3.49. The molecule has 0 aliphatic carbocycles. The highest BCUT2D eigenvalue weighted by molar-refractivity contribution is 9.11. The molecular formula is C12H11Br2N3O2S. The first-order valence-corrected chi connectivity index (χ1v) is 8.55. The van der Waals surface area contributed by atoms with E-state index in [0.717, 1.165) is 14.6 Å². The molecule has 0 fully saturated rings. The summed E-state index contributed by atoms with van der Waals surface area (Å²) in [5.41, 5.74) is 7.28. The Bertz CT molecular complexity index is 743. The molecule has 0 heterocycles. The fourth-order valence-electron chi connectivity index (χ4n) is 1.65. The third kappa shape index (κ3) is 3.32. The normalized spacial score (nSPS) is 11.3. The van der Waals surface area contributed by atoms with Crippen molar-refractivity contribution < 1.29 is 8.42 Å². The third-order valence-electron chi connectivity index (χ3n) is 2.55. The Labute approximate surface area is 133 Å². The molecule has 0 radical (unpaired) electrons. The highest BCUT2D eigenvalue weighted by atomic mass is 79.9. The molecule has 5 nitrogen and oxygen atoms in total.